The molecule has 0 aliphatic carbocycles. The first kappa shape index (κ1) is 17.6. The lowest BCUT2D eigenvalue weighted by atomic mass is 9.91. The van der Waals surface area contributed by atoms with Crippen molar-refractivity contribution in [2.45, 2.75) is 23.8 Å². The summed E-state index contributed by atoms with van der Waals surface area (Å²) in [6.45, 7) is 2.02. The molecule has 0 aliphatic heterocycles. The highest BCUT2D eigenvalue weighted by Gasteiger charge is 2.32. The van der Waals surface area contributed by atoms with Crippen LogP contribution in [0.4, 0.5) is 4.39 Å². The van der Waals surface area contributed by atoms with Gasteiger partial charge in [-0.05, 0) is 36.2 Å². The third-order valence-electron chi connectivity index (χ3n) is 3.93. The van der Waals surface area contributed by atoms with Crippen molar-refractivity contribution in [1.82, 2.24) is 4.72 Å². The zero-order valence-electron chi connectivity index (χ0n) is 13.1. The van der Waals surface area contributed by atoms with Crippen LogP contribution in [0.15, 0.2) is 59.5 Å². The fourth-order valence-electron chi connectivity index (χ4n) is 2.42. The van der Waals surface area contributed by atoms with Crippen LogP contribution < -0.4 is 4.72 Å². The molecule has 0 saturated carbocycles. The Balaban J connectivity index is 2.23. The van der Waals surface area contributed by atoms with Gasteiger partial charge in [0.15, 0.2) is 0 Å². The zero-order valence-corrected chi connectivity index (χ0v) is 13.9. The number of hydrogen-bond acceptors (Lipinski definition) is 3. The van der Waals surface area contributed by atoms with Crippen molar-refractivity contribution in [2.24, 2.45) is 0 Å². The second-order valence-electron chi connectivity index (χ2n) is 5.20. The van der Waals surface area contributed by atoms with Gasteiger partial charge in [0, 0.05) is 13.7 Å². The van der Waals surface area contributed by atoms with E-state index >= 15 is 0 Å². The molecule has 124 valence electrons. The molecule has 2 rings (SSSR count). The van der Waals surface area contributed by atoms with Crippen LogP contribution in [0, 0.1) is 5.82 Å². The summed E-state index contributed by atoms with van der Waals surface area (Å²) in [5.74, 6) is -0.479. The van der Waals surface area contributed by atoms with E-state index in [0.717, 1.165) is 17.7 Å². The molecule has 2 aromatic carbocycles. The van der Waals surface area contributed by atoms with E-state index in [1.807, 2.05) is 37.3 Å². The van der Waals surface area contributed by atoms with E-state index in [-0.39, 0.29) is 11.4 Å². The Bertz CT molecular complexity index is 726. The number of sulfonamides is 1. The van der Waals surface area contributed by atoms with Gasteiger partial charge >= 0.3 is 0 Å². The van der Waals surface area contributed by atoms with Crippen LogP contribution in [0.25, 0.3) is 0 Å². The predicted octanol–water partition coefficient (Wildman–Crippen LogP) is 3.06. The molecule has 2 aromatic rings. The molecule has 0 spiro atoms. The fraction of sp³-hybridized carbons (Fsp3) is 0.294. The van der Waals surface area contributed by atoms with Crippen molar-refractivity contribution in [2.75, 3.05) is 13.7 Å². The van der Waals surface area contributed by atoms with Crippen LogP contribution in [0.5, 0.6) is 0 Å². The number of ether oxygens (including phenoxy) is 1. The minimum Gasteiger partial charge on any atom is -0.372 e. The Morgan fingerprint density at radius 2 is 1.70 bits per heavy atom. The molecule has 4 nitrogen and oxygen atoms in total. The molecule has 1 atom stereocenters. The molecule has 0 heterocycles. The number of benzene rings is 2. The van der Waals surface area contributed by atoms with Gasteiger partial charge in [-0.15, -0.1) is 0 Å². The monoisotopic (exact) mass is 337 g/mol. The molecule has 0 radical (unpaired) electrons. The molecule has 1 N–H and O–H groups in total. The summed E-state index contributed by atoms with van der Waals surface area (Å²) in [5, 5.41) is 0. The Labute approximate surface area is 136 Å². The van der Waals surface area contributed by atoms with Gasteiger partial charge in [-0.25, -0.2) is 17.5 Å². The van der Waals surface area contributed by atoms with Gasteiger partial charge in [0.2, 0.25) is 10.0 Å². The molecule has 0 fully saturated rings. The summed E-state index contributed by atoms with van der Waals surface area (Å²) in [7, 11) is -2.18. The predicted molar refractivity (Wildman–Crippen MR) is 87.0 cm³/mol. The molecule has 0 saturated heterocycles. The van der Waals surface area contributed by atoms with Crippen molar-refractivity contribution in [3.05, 3.63) is 66.0 Å². The van der Waals surface area contributed by atoms with Gasteiger partial charge in [0.25, 0.3) is 0 Å². The molecular weight excluding hydrogens is 317 g/mol. The highest BCUT2D eigenvalue weighted by molar-refractivity contribution is 7.89. The Hall–Kier alpha value is -1.76. The average Bonchev–Trinajstić information content (AvgIpc) is 2.58. The van der Waals surface area contributed by atoms with E-state index in [1.165, 1.54) is 12.1 Å². The highest BCUT2D eigenvalue weighted by Crippen LogP contribution is 2.28. The maximum atomic E-state index is 12.9. The Kier molecular flexibility index (Phi) is 5.51. The third-order valence-corrected chi connectivity index (χ3v) is 5.35. The van der Waals surface area contributed by atoms with E-state index in [1.54, 1.807) is 7.11 Å². The van der Waals surface area contributed by atoms with Gasteiger partial charge in [-0.2, -0.15) is 0 Å². The van der Waals surface area contributed by atoms with Gasteiger partial charge in [0.05, 0.1) is 4.90 Å². The molecule has 1 unspecified atom stereocenters. The van der Waals surface area contributed by atoms with Crippen molar-refractivity contribution in [3.63, 3.8) is 0 Å². The summed E-state index contributed by atoms with van der Waals surface area (Å²) < 4.78 is 45.9. The first-order valence-corrected chi connectivity index (χ1v) is 8.78. The van der Waals surface area contributed by atoms with Gasteiger partial charge in [-0.1, -0.05) is 37.3 Å². The van der Waals surface area contributed by atoms with E-state index in [4.69, 9.17) is 4.74 Å². The maximum absolute atomic E-state index is 12.9. The summed E-state index contributed by atoms with van der Waals surface area (Å²) in [6, 6.07) is 14.2. The quantitative estimate of drug-likeness (QED) is 0.845. The smallest absolute Gasteiger partial charge is 0.240 e. The molecule has 6 heteroatoms. The van der Waals surface area contributed by atoms with Crippen LogP contribution in [0.2, 0.25) is 0 Å². The van der Waals surface area contributed by atoms with E-state index in [9.17, 15) is 12.8 Å². The van der Waals surface area contributed by atoms with Gasteiger partial charge < -0.3 is 4.74 Å². The minimum atomic E-state index is -3.74. The average molecular weight is 337 g/mol. The van der Waals surface area contributed by atoms with Crippen molar-refractivity contribution < 1.29 is 17.5 Å². The molecule has 0 bridgehead atoms. The number of halogens is 1. The lowest BCUT2D eigenvalue weighted by Gasteiger charge is -2.32. The van der Waals surface area contributed by atoms with Crippen LogP contribution in [-0.2, 0) is 20.4 Å². The Morgan fingerprint density at radius 1 is 1.09 bits per heavy atom. The lowest BCUT2D eigenvalue weighted by Crippen LogP contribution is -2.41. The first-order valence-electron chi connectivity index (χ1n) is 7.29. The van der Waals surface area contributed by atoms with Crippen LogP contribution >= 0.6 is 0 Å². The van der Waals surface area contributed by atoms with E-state index < -0.39 is 21.4 Å². The SMILES string of the molecule is CCC(CNS(=O)(=O)c1ccc(F)cc1)(OC)c1ccccc1. The first-order chi connectivity index (χ1) is 10.9. The van der Waals surface area contributed by atoms with Crippen LogP contribution in [0.3, 0.4) is 0 Å². The number of hydrogen-bond donors (Lipinski definition) is 1. The van der Waals surface area contributed by atoms with Crippen molar-refractivity contribution in [1.29, 1.82) is 0 Å². The van der Waals surface area contributed by atoms with E-state index in [0.29, 0.717) is 6.42 Å². The summed E-state index contributed by atoms with van der Waals surface area (Å²) in [5.41, 5.74) is 0.140. The third kappa shape index (κ3) is 3.96. The summed E-state index contributed by atoms with van der Waals surface area (Å²) in [4.78, 5) is 0.0214. The fourth-order valence-corrected chi connectivity index (χ4v) is 3.50. The lowest BCUT2D eigenvalue weighted by molar-refractivity contribution is -0.0133. The van der Waals surface area contributed by atoms with Crippen LogP contribution in [-0.4, -0.2) is 22.1 Å². The van der Waals surface area contributed by atoms with E-state index in [2.05, 4.69) is 4.72 Å². The molecule has 0 aliphatic rings. The maximum Gasteiger partial charge on any atom is 0.240 e. The summed E-state index contributed by atoms with van der Waals surface area (Å²) >= 11 is 0. The number of rotatable bonds is 7. The van der Waals surface area contributed by atoms with Crippen LogP contribution in [0.1, 0.15) is 18.9 Å². The summed E-state index contributed by atoms with van der Waals surface area (Å²) in [6.07, 6.45) is 0.597. The van der Waals surface area contributed by atoms with Crippen molar-refractivity contribution >= 4 is 10.0 Å². The number of methoxy groups -OCH3 is 1. The zero-order chi connectivity index (χ0) is 16.9. The van der Waals surface area contributed by atoms with Gasteiger partial charge in [-0.3, -0.25) is 0 Å². The second-order valence-corrected chi connectivity index (χ2v) is 6.96. The van der Waals surface area contributed by atoms with Gasteiger partial charge in [0.1, 0.15) is 11.4 Å². The molecular formula is C17H20FNO3S. The second kappa shape index (κ2) is 7.21. The molecule has 0 amide bonds. The standard InChI is InChI=1S/C17H20FNO3S/c1-3-17(22-2,14-7-5-4-6-8-14)13-19-23(20,21)16-11-9-15(18)10-12-16/h4-12,19H,3,13H2,1-2H3. The van der Waals surface area contributed by atoms with Crippen molar-refractivity contribution in [3.8, 4) is 0 Å². The largest absolute Gasteiger partial charge is 0.372 e. The number of nitrogens with one attached hydrogen (secondary N) is 1. The Morgan fingerprint density at radius 3 is 2.22 bits per heavy atom. The normalized spacial score (nSPS) is 14.4. The topological polar surface area (TPSA) is 55.4 Å². The minimum absolute atomic E-state index is 0.0214. The molecule has 23 heavy (non-hydrogen) atoms. The molecule has 0 aromatic heterocycles. The highest BCUT2D eigenvalue weighted by atomic mass is 32.2.